The average molecular weight is 206 g/mol. The Kier molecular flexibility index (Phi) is 3.55. The fraction of sp³-hybridized carbons (Fsp3) is 0.200. The van der Waals surface area contributed by atoms with Crippen molar-refractivity contribution < 1.29 is 0 Å². The summed E-state index contributed by atoms with van der Waals surface area (Å²) in [7, 11) is 0. The van der Waals surface area contributed by atoms with Gasteiger partial charge in [0.05, 0.1) is 5.56 Å². The van der Waals surface area contributed by atoms with Gasteiger partial charge in [-0.25, -0.2) is 0 Å². The van der Waals surface area contributed by atoms with Gasteiger partial charge in [-0.1, -0.05) is 6.58 Å². The van der Waals surface area contributed by atoms with E-state index in [1.165, 1.54) is 22.9 Å². The maximum absolute atomic E-state index is 11.3. The van der Waals surface area contributed by atoms with Gasteiger partial charge in [-0.2, -0.15) is 17.9 Å². The van der Waals surface area contributed by atoms with E-state index in [9.17, 15) is 4.79 Å². The van der Waals surface area contributed by atoms with Gasteiger partial charge in [0.25, 0.3) is 5.56 Å². The minimum absolute atomic E-state index is 0.132. The molecular formula is C10H10N2OS. The van der Waals surface area contributed by atoms with Crippen molar-refractivity contribution in [3.8, 4) is 6.07 Å². The van der Waals surface area contributed by atoms with Gasteiger partial charge >= 0.3 is 0 Å². The van der Waals surface area contributed by atoms with E-state index in [0.717, 1.165) is 5.57 Å². The van der Waals surface area contributed by atoms with Crippen LogP contribution in [0, 0.1) is 11.3 Å². The summed E-state index contributed by atoms with van der Waals surface area (Å²) in [5, 5.41) is 8.64. The second-order valence-electron chi connectivity index (χ2n) is 2.90. The lowest BCUT2D eigenvalue weighted by Gasteiger charge is -2.05. The quantitative estimate of drug-likeness (QED) is 0.596. The normalized spacial score (nSPS) is 9.43. The van der Waals surface area contributed by atoms with Crippen molar-refractivity contribution >= 4 is 12.6 Å². The first-order valence-electron chi connectivity index (χ1n) is 4.05. The minimum Gasteiger partial charge on any atom is -0.310 e. The summed E-state index contributed by atoms with van der Waals surface area (Å²) < 4.78 is 1.46. The van der Waals surface area contributed by atoms with Crippen molar-refractivity contribution in [1.82, 2.24) is 4.57 Å². The third-order valence-corrected chi connectivity index (χ3v) is 2.18. The van der Waals surface area contributed by atoms with Crippen LogP contribution in [0.5, 0.6) is 0 Å². The van der Waals surface area contributed by atoms with Gasteiger partial charge in [0.1, 0.15) is 6.07 Å². The van der Waals surface area contributed by atoms with E-state index in [4.69, 9.17) is 5.26 Å². The number of rotatable bonds is 3. The van der Waals surface area contributed by atoms with E-state index < -0.39 is 0 Å². The molecule has 14 heavy (non-hydrogen) atoms. The highest BCUT2D eigenvalue weighted by molar-refractivity contribution is 7.80. The summed E-state index contributed by atoms with van der Waals surface area (Å²) >= 11 is 4.05. The molecule has 1 rings (SSSR count). The Bertz CT molecular complexity index is 442. The molecule has 0 bridgehead atoms. The lowest BCUT2D eigenvalue weighted by Crippen LogP contribution is -2.19. The Labute approximate surface area is 87.7 Å². The third kappa shape index (κ3) is 2.51. The first-order valence-corrected chi connectivity index (χ1v) is 4.68. The molecule has 0 radical (unpaired) electrons. The Morgan fingerprint density at radius 1 is 1.64 bits per heavy atom. The lowest BCUT2D eigenvalue weighted by molar-refractivity contribution is 0.749. The zero-order valence-electron chi connectivity index (χ0n) is 7.60. The van der Waals surface area contributed by atoms with E-state index in [2.05, 4.69) is 19.2 Å². The molecule has 0 N–H and O–H groups in total. The van der Waals surface area contributed by atoms with Gasteiger partial charge in [-0.05, 0) is 11.6 Å². The van der Waals surface area contributed by atoms with E-state index in [-0.39, 0.29) is 5.56 Å². The Balaban J connectivity index is 3.02. The van der Waals surface area contributed by atoms with E-state index in [0.29, 0.717) is 17.9 Å². The van der Waals surface area contributed by atoms with E-state index in [1.807, 2.05) is 6.07 Å². The van der Waals surface area contributed by atoms with Crippen molar-refractivity contribution in [3.63, 3.8) is 0 Å². The van der Waals surface area contributed by atoms with Crippen LogP contribution in [-0.4, -0.2) is 10.3 Å². The highest BCUT2D eigenvalue weighted by atomic mass is 32.1. The van der Waals surface area contributed by atoms with Crippen LogP contribution in [0.3, 0.4) is 0 Å². The van der Waals surface area contributed by atoms with Crippen LogP contribution >= 0.6 is 12.6 Å². The number of hydrogen-bond donors (Lipinski definition) is 1. The molecule has 72 valence electrons. The average Bonchev–Trinajstić information content (AvgIpc) is 2.21. The molecule has 4 heteroatoms. The summed E-state index contributed by atoms with van der Waals surface area (Å²) in [6, 6.07) is 4.86. The molecule has 0 amide bonds. The van der Waals surface area contributed by atoms with Crippen molar-refractivity contribution in [1.29, 1.82) is 5.26 Å². The predicted octanol–water partition coefficient (Wildman–Crippen LogP) is 1.21. The van der Waals surface area contributed by atoms with Gasteiger partial charge in [0.2, 0.25) is 0 Å². The maximum Gasteiger partial charge on any atom is 0.250 e. The maximum atomic E-state index is 11.3. The molecule has 0 aliphatic heterocycles. The molecule has 1 aromatic heterocycles. The second kappa shape index (κ2) is 4.68. The fourth-order valence-electron chi connectivity index (χ4n) is 1.01. The number of aromatic nitrogens is 1. The molecule has 0 saturated carbocycles. The lowest BCUT2D eigenvalue weighted by atomic mass is 10.3. The zero-order valence-corrected chi connectivity index (χ0v) is 8.50. The van der Waals surface area contributed by atoms with E-state index in [1.54, 1.807) is 0 Å². The van der Waals surface area contributed by atoms with Gasteiger partial charge in [-0.3, -0.25) is 4.79 Å². The zero-order chi connectivity index (χ0) is 10.6. The van der Waals surface area contributed by atoms with Crippen LogP contribution in [-0.2, 0) is 6.54 Å². The molecule has 0 aliphatic carbocycles. The van der Waals surface area contributed by atoms with Crippen LogP contribution in [0.2, 0.25) is 0 Å². The van der Waals surface area contributed by atoms with Crippen molar-refractivity contribution in [2.24, 2.45) is 0 Å². The van der Waals surface area contributed by atoms with Crippen LogP contribution in [0.4, 0.5) is 0 Å². The monoisotopic (exact) mass is 206 g/mol. The Hall–Kier alpha value is -1.47. The summed E-state index contributed by atoms with van der Waals surface area (Å²) in [4.78, 5) is 11.3. The molecule has 3 nitrogen and oxygen atoms in total. The second-order valence-corrected chi connectivity index (χ2v) is 3.22. The van der Waals surface area contributed by atoms with Crippen LogP contribution < -0.4 is 5.56 Å². The molecule has 1 heterocycles. The largest absolute Gasteiger partial charge is 0.310 e. The van der Waals surface area contributed by atoms with Crippen LogP contribution in [0.25, 0.3) is 0 Å². The van der Waals surface area contributed by atoms with Crippen molar-refractivity contribution in [2.45, 2.75) is 6.54 Å². The van der Waals surface area contributed by atoms with Crippen LogP contribution in [0.15, 0.2) is 35.3 Å². The topological polar surface area (TPSA) is 45.8 Å². The van der Waals surface area contributed by atoms with Gasteiger partial charge in [-0.15, -0.1) is 0 Å². The molecule has 0 spiro atoms. The third-order valence-electron chi connectivity index (χ3n) is 1.73. The summed E-state index contributed by atoms with van der Waals surface area (Å²) in [5.41, 5.74) is 1.18. The number of nitrogens with zero attached hydrogens (tertiary/aromatic N) is 2. The van der Waals surface area contributed by atoms with Gasteiger partial charge in [0, 0.05) is 24.6 Å². The molecule has 0 saturated heterocycles. The molecule has 0 unspecified atom stereocenters. The molecule has 0 atom stereocenters. The number of pyridine rings is 1. The van der Waals surface area contributed by atoms with Crippen molar-refractivity contribution in [3.05, 3.63) is 46.4 Å². The van der Waals surface area contributed by atoms with Crippen molar-refractivity contribution in [2.75, 3.05) is 5.75 Å². The molecule has 1 aromatic rings. The highest BCUT2D eigenvalue weighted by Crippen LogP contribution is 1.99. The van der Waals surface area contributed by atoms with Crippen LogP contribution in [0.1, 0.15) is 5.56 Å². The smallest absolute Gasteiger partial charge is 0.250 e. The number of nitriles is 1. The molecular weight excluding hydrogens is 196 g/mol. The number of thiol groups is 1. The Morgan fingerprint density at radius 2 is 2.36 bits per heavy atom. The predicted molar refractivity (Wildman–Crippen MR) is 58.4 cm³/mol. The molecule has 0 fully saturated rings. The first kappa shape index (κ1) is 10.6. The standard InChI is InChI=1S/C10H10N2OS/c1-8(7-14)5-12-6-9(4-11)2-3-10(12)13/h2-3,6,14H,1,5,7H2. The molecule has 0 aromatic carbocycles. The highest BCUT2D eigenvalue weighted by Gasteiger charge is 1.99. The summed E-state index contributed by atoms with van der Waals surface area (Å²) in [6.07, 6.45) is 1.52. The first-order chi connectivity index (χ1) is 6.67. The summed E-state index contributed by atoms with van der Waals surface area (Å²) in [5.74, 6) is 0.531. The Morgan fingerprint density at radius 3 is 2.93 bits per heavy atom. The SMILES string of the molecule is C=C(CS)Cn1cc(C#N)ccc1=O. The van der Waals surface area contributed by atoms with Gasteiger partial charge in [0.15, 0.2) is 0 Å². The number of hydrogen-bond acceptors (Lipinski definition) is 3. The summed E-state index contributed by atoms with van der Waals surface area (Å²) in [6.45, 7) is 4.16. The molecule has 0 aliphatic rings. The minimum atomic E-state index is -0.132. The van der Waals surface area contributed by atoms with Gasteiger partial charge < -0.3 is 4.57 Å². The fourth-order valence-corrected chi connectivity index (χ4v) is 1.11. The van der Waals surface area contributed by atoms with E-state index >= 15 is 0 Å².